The summed E-state index contributed by atoms with van der Waals surface area (Å²) in [6.07, 6.45) is 0. The van der Waals surface area contributed by atoms with Crippen LogP contribution in [0.5, 0.6) is 0 Å². The lowest BCUT2D eigenvalue weighted by Gasteiger charge is -2.11. The molecule has 0 bridgehead atoms. The van der Waals surface area contributed by atoms with Gasteiger partial charge in [-0.05, 0) is 52.3 Å². The predicted octanol–water partition coefficient (Wildman–Crippen LogP) is 3.08. The molecule has 5 nitrogen and oxygen atoms in total. The maximum atomic E-state index is 11.2. The maximum absolute atomic E-state index is 11.2. The van der Waals surface area contributed by atoms with Crippen molar-refractivity contribution in [1.82, 2.24) is 0 Å². The fraction of sp³-hybridized carbons (Fsp3) is 0. The fourth-order valence-electron chi connectivity index (χ4n) is 1.56. The lowest BCUT2D eigenvalue weighted by molar-refractivity contribution is 0.598. The summed E-state index contributed by atoms with van der Waals surface area (Å²) in [5.74, 6) is 0. The average molecular weight is 377 g/mol. The predicted molar refractivity (Wildman–Crippen MR) is 84.7 cm³/mol. The molecule has 106 valence electrons. The second kappa shape index (κ2) is 5.61. The second-order valence-corrected chi connectivity index (χ2v) is 6.87. The van der Waals surface area contributed by atoms with Gasteiger partial charge in [-0.1, -0.05) is 11.6 Å². The largest absolute Gasteiger partial charge is 0.397 e. The van der Waals surface area contributed by atoms with E-state index in [-0.39, 0.29) is 10.6 Å². The molecule has 0 aliphatic carbocycles. The Kier molecular flexibility index (Phi) is 4.24. The molecule has 0 amide bonds. The van der Waals surface area contributed by atoms with E-state index in [2.05, 4.69) is 21.2 Å². The Bertz CT molecular complexity index is 765. The quantitative estimate of drug-likeness (QED) is 0.717. The Balaban J connectivity index is 2.32. The van der Waals surface area contributed by atoms with E-state index < -0.39 is 10.0 Å². The third-order valence-corrected chi connectivity index (χ3v) is 4.68. The molecule has 0 aliphatic rings. The fourth-order valence-corrected chi connectivity index (χ4v) is 2.61. The Morgan fingerprint density at radius 1 is 1.15 bits per heavy atom. The van der Waals surface area contributed by atoms with E-state index in [1.165, 1.54) is 12.1 Å². The zero-order valence-corrected chi connectivity index (χ0v) is 13.3. The molecule has 8 heteroatoms. The normalized spacial score (nSPS) is 11.3. The summed E-state index contributed by atoms with van der Waals surface area (Å²) in [5, 5.41) is 8.70. The van der Waals surface area contributed by atoms with Crippen LogP contribution in [0.3, 0.4) is 0 Å². The molecule has 0 radical (unpaired) electrons. The van der Waals surface area contributed by atoms with Crippen molar-refractivity contribution in [3.05, 3.63) is 45.9 Å². The Hall–Kier alpha value is -1.28. The highest BCUT2D eigenvalue weighted by molar-refractivity contribution is 9.10. The van der Waals surface area contributed by atoms with Crippen molar-refractivity contribution < 1.29 is 8.42 Å². The minimum atomic E-state index is -3.76. The monoisotopic (exact) mass is 375 g/mol. The van der Waals surface area contributed by atoms with Gasteiger partial charge in [0.15, 0.2) is 0 Å². The molecule has 2 aromatic carbocycles. The molecule has 0 spiro atoms. The first-order valence-electron chi connectivity index (χ1n) is 5.42. The molecule has 5 N–H and O–H groups in total. The van der Waals surface area contributed by atoms with Crippen LogP contribution in [-0.2, 0) is 10.0 Å². The number of rotatable bonds is 3. The Morgan fingerprint density at radius 3 is 2.40 bits per heavy atom. The average Bonchev–Trinajstić information content (AvgIpc) is 2.35. The highest BCUT2D eigenvalue weighted by Gasteiger charge is 2.10. The van der Waals surface area contributed by atoms with Crippen molar-refractivity contribution in [3.63, 3.8) is 0 Å². The number of halogens is 2. The summed E-state index contributed by atoms with van der Waals surface area (Å²) in [7, 11) is -3.76. The van der Waals surface area contributed by atoms with Gasteiger partial charge in [0.25, 0.3) is 0 Å². The topological polar surface area (TPSA) is 98.2 Å². The van der Waals surface area contributed by atoms with E-state index in [9.17, 15) is 8.42 Å². The number of nitrogens with two attached hydrogens (primary N) is 2. The summed E-state index contributed by atoms with van der Waals surface area (Å²) in [6.45, 7) is 0. The summed E-state index contributed by atoms with van der Waals surface area (Å²) in [6, 6.07) is 9.54. The minimum absolute atomic E-state index is 0.0298. The summed E-state index contributed by atoms with van der Waals surface area (Å²) < 4.78 is 23.2. The van der Waals surface area contributed by atoms with Crippen LogP contribution in [0.4, 0.5) is 17.1 Å². The van der Waals surface area contributed by atoms with Gasteiger partial charge in [-0.2, -0.15) is 0 Å². The molecule has 0 aromatic heterocycles. The number of sulfonamides is 1. The lowest BCUT2D eigenvalue weighted by Crippen LogP contribution is -2.12. The van der Waals surface area contributed by atoms with Crippen molar-refractivity contribution in [2.45, 2.75) is 4.90 Å². The van der Waals surface area contributed by atoms with Crippen LogP contribution in [0.2, 0.25) is 5.02 Å². The highest BCUT2D eigenvalue weighted by Crippen LogP contribution is 2.30. The molecule has 0 saturated carbocycles. The molecular formula is C12H11BrClN3O2S. The molecule has 2 aromatic rings. The van der Waals surface area contributed by atoms with Gasteiger partial charge in [-0.3, -0.25) is 0 Å². The second-order valence-electron chi connectivity index (χ2n) is 4.05. The lowest BCUT2D eigenvalue weighted by atomic mass is 10.2. The van der Waals surface area contributed by atoms with E-state index in [0.717, 1.165) is 10.2 Å². The van der Waals surface area contributed by atoms with Crippen LogP contribution in [0.25, 0.3) is 0 Å². The summed E-state index contributed by atoms with van der Waals surface area (Å²) in [5.41, 5.74) is 7.43. The van der Waals surface area contributed by atoms with E-state index in [0.29, 0.717) is 10.7 Å². The van der Waals surface area contributed by atoms with E-state index in [1.54, 1.807) is 24.3 Å². The standard InChI is InChI=1S/C12H11BrClN3O2S/c13-9-5-7(1-3-10(9)14)17-12-4-2-8(6-11(12)15)20(16,18)19/h1-6,17H,15H2,(H2,16,18,19). The number of anilines is 3. The van der Waals surface area contributed by atoms with Gasteiger partial charge in [-0.15, -0.1) is 0 Å². The molecule has 0 unspecified atom stereocenters. The number of nitrogens with one attached hydrogen (secondary N) is 1. The minimum Gasteiger partial charge on any atom is -0.397 e. The molecule has 0 aliphatic heterocycles. The number of hydrogen-bond donors (Lipinski definition) is 3. The van der Waals surface area contributed by atoms with Gasteiger partial charge in [0.05, 0.1) is 21.3 Å². The number of hydrogen-bond acceptors (Lipinski definition) is 4. The third kappa shape index (κ3) is 3.43. The van der Waals surface area contributed by atoms with Crippen LogP contribution in [0, 0.1) is 0 Å². The molecule has 0 fully saturated rings. The first-order chi connectivity index (χ1) is 9.27. The Labute approximate surface area is 130 Å². The van der Waals surface area contributed by atoms with Gasteiger partial charge >= 0.3 is 0 Å². The van der Waals surface area contributed by atoms with Crippen LogP contribution in [0.1, 0.15) is 0 Å². The van der Waals surface area contributed by atoms with Crippen molar-refractivity contribution in [1.29, 1.82) is 0 Å². The number of nitrogen functional groups attached to an aromatic ring is 1. The number of benzene rings is 2. The third-order valence-electron chi connectivity index (χ3n) is 2.55. The Morgan fingerprint density at radius 2 is 1.85 bits per heavy atom. The van der Waals surface area contributed by atoms with Crippen molar-refractivity contribution in [3.8, 4) is 0 Å². The van der Waals surface area contributed by atoms with Crippen molar-refractivity contribution in [2.24, 2.45) is 5.14 Å². The highest BCUT2D eigenvalue weighted by atomic mass is 79.9. The van der Waals surface area contributed by atoms with E-state index >= 15 is 0 Å². The molecule has 0 heterocycles. The van der Waals surface area contributed by atoms with Crippen molar-refractivity contribution >= 4 is 54.6 Å². The molecule has 0 saturated heterocycles. The molecule has 2 rings (SSSR count). The summed E-state index contributed by atoms with van der Waals surface area (Å²) >= 11 is 9.22. The SMILES string of the molecule is Nc1cc(S(N)(=O)=O)ccc1Nc1ccc(Cl)c(Br)c1. The van der Waals surface area contributed by atoms with Gasteiger partial charge in [0.1, 0.15) is 0 Å². The summed E-state index contributed by atoms with van der Waals surface area (Å²) in [4.78, 5) is -0.0298. The molecular weight excluding hydrogens is 366 g/mol. The van der Waals surface area contributed by atoms with Gasteiger partial charge in [0, 0.05) is 10.2 Å². The zero-order chi connectivity index (χ0) is 14.9. The van der Waals surface area contributed by atoms with Crippen LogP contribution < -0.4 is 16.2 Å². The van der Waals surface area contributed by atoms with Gasteiger partial charge in [0.2, 0.25) is 10.0 Å². The van der Waals surface area contributed by atoms with E-state index in [1.807, 2.05) is 0 Å². The van der Waals surface area contributed by atoms with Gasteiger partial charge < -0.3 is 11.1 Å². The molecule has 0 atom stereocenters. The van der Waals surface area contributed by atoms with E-state index in [4.69, 9.17) is 22.5 Å². The van der Waals surface area contributed by atoms with Crippen LogP contribution in [0.15, 0.2) is 45.8 Å². The molecule has 20 heavy (non-hydrogen) atoms. The van der Waals surface area contributed by atoms with Crippen molar-refractivity contribution in [2.75, 3.05) is 11.1 Å². The zero-order valence-electron chi connectivity index (χ0n) is 10.1. The van der Waals surface area contributed by atoms with Crippen LogP contribution in [-0.4, -0.2) is 8.42 Å². The maximum Gasteiger partial charge on any atom is 0.238 e. The first-order valence-corrected chi connectivity index (χ1v) is 8.13. The first kappa shape index (κ1) is 15.1. The van der Waals surface area contributed by atoms with Crippen LogP contribution >= 0.6 is 27.5 Å². The smallest absolute Gasteiger partial charge is 0.238 e. The number of primary sulfonamides is 1. The van der Waals surface area contributed by atoms with Gasteiger partial charge in [-0.25, -0.2) is 13.6 Å².